The van der Waals surface area contributed by atoms with Gasteiger partial charge in [0.15, 0.2) is 0 Å². The monoisotopic (exact) mass is 648 g/mol. The molecule has 0 saturated heterocycles. The summed E-state index contributed by atoms with van der Waals surface area (Å²) in [6.07, 6.45) is 1.29. The molecule has 0 spiro atoms. The fourth-order valence-electron chi connectivity index (χ4n) is 6.74. The quantitative estimate of drug-likeness (QED) is 0.0819. The van der Waals surface area contributed by atoms with Gasteiger partial charge in [0.1, 0.15) is 18.1 Å². The second-order valence-electron chi connectivity index (χ2n) is 13.6. The molecule has 3 heteroatoms. The van der Waals surface area contributed by atoms with E-state index in [-0.39, 0.29) is 0 Å². The van der Waals surface area contributed by atoms with Crippen molar-refractivity contribution in [2.45, 2.75) is 52.7 Å². The largest absolute Gasteiger partial charge is 0.490 e. The molecule has 250 valence electrons. The highest BCUT2D eigenvalue weighted by Crippen LogP contribution is 2.39. The van der Waals surface area contributed by atoms with E-state index >= 15 is 0 Å². The molecule has 2 unspecified atom stereocenters. The van der Waals surface area contributed by atoms with Gasteiger partial charge in [0.25, 0.3) is 0 Å². The van der Waals surface area contributed by atoms with E-state index in [9.17, 15) is 0 Å². The summed E-state index contributed by atoms with van der Waals surface area (Å²) in [5.41, 5.74) is 6.90. The topological polar surface area (TPSA) is 27.7 Å². The molecule has 6 aromatic rings. The van der Waals surface area contributed by atoms with Gasteiger partial charge in [0.2, 0.25) is 6.29 Å². The van der Waals surface area contributed by atoms with E-state index in [1.807, 2.05) is 12.1 Å². The summed E-state index contributed by atoms with van der Waals surface area (Å²) in [7, 11) is 0. The average Bonchev–Trinajstić information content (AvgIpc) is 3.13. The van der Waals surface area contributed by atoms with Crippen molar-refractivity contribution < 1.29 is 14.2 Å². The van der Waals surface area contributed by atoms with Gasteiger partial charge < -0.3 is 14.2 Å². The molecule has 0 amide bonds. The summed E-state index contributed by atoms with van der Waals surface area (Å²) in [6.45, 7) is 9.98. The van der Waals surface area contributed by atoms with Crippen molar-refractivity contribution in [1.82, 2.24) is 0 Å². The van der Waals surface area contributed by atoms with Crippen molar-refractivity contribution in [2.75, 3.05) is 13.2 Å². The minimum absolute atomic E-state index is 0.370. The highest BCUT2D eigenvalue weighted by molar-refractivity contribution is 5.85. The third-order valence-corrected chi connectivity index (χ3v) is 9.19. The minimum Gasteiger partial charge on any atom is -0.490 e. The van der Waals surface area contributed by atoms with E-state index in [0.29, 0.717) is 37.4 Å². The van der Waals surface area contributed by atoms with E-state index in [1.165, 1.54) is 28.3 Å². The summed E-state index contributed by atoms with van der Waals surface area (Å²) in [5, 5.41) is 2.42. The second-order valence-corrected chi connectivity index (χ2v) is 13.6. The van der Waals surface area contributed by atoms with Crippen LogP contribution in [0.5, 0.6) is 11.5 Å². The second kappa shape index (κ2) is 16.5. The summed E-state index contributed by atoms with van der Waals surface area (Å²) in [4.78, 5) is 0. The normalized spacial score (nSPS) is 12.7. The van der Waals surface area contributed by atoms with Gasteiger partial charge in [0, 0.05) is 17.5 Å². The number of fused-ring (bicyclic) bond motifs is 1. The van der Waals surface area contributed by atoms with Crippen LogP contribution in [0.3, 0.4) is 0 Å². The predicted octanol–water partition coefficient (Wildman–Crippen LogP) is 12.0. The van der Waals surface area contributed by atoms with Crippen molar-refractivity contribution in [3.8, 4) is 33.8 Å². The van der Waals surface area contributed by atoms with Crippen LogP contribution in [0, 0.1) is 11.8 Å². The number of benzene rings is 6. The van der Waals surface area contributed by atoms with Crippen LogP contribution in [0.4, 0.5) is 0 Å². The maximum atomic E-state index is 6.61. The Morgan fingerprint density at radius 2 is 1.14 bits per heavy atom. The Kier molecular flexibility index (Phi) is 11.5. The number of para-hydroxylation sites is 1. The van der Waals surface area contributed by atoms with Crippen LogP contribution in [-0.2, 0) is 11.2 Å². The third-order valence-electron chi connectivity index (χ3n) is 9.19. The summed E-state index contributed by atoms with van der Waals surface area (Å²) in [6, 6.07) is 50.7. The van der Waals surface area contributed by atoms with Crippen LogP contribution in [0.25, 0.3) is 33.0 Å². The maximum Gasteiger partial charge on any atom is 0.204 e. The van der Waals surface area contributed by atoms with Gasteiger partial charge in [-0.25, -0.2) is 0 Å². The Bertz CT molecular complexity index is 1830. The molecule has 0 N–H and O–H groups in total. The fraction of sp³-hybridized carbons (Fsp3) is 0.261. The zero-order valence-electron chi connectivity index (χ0n) is 29.2. The molecule has 0 bridgehead atoms. The number of ether oxygens (including phenoxy) is 3. The van der Waals surface area contributed by atoms with E-state index in [1.54, 1.807) is 0 Å². The average molecular weight is 649 g/mol. The van der Waals surface area contributed by atoms with Crippen molar-refractivity contribution in [3.63, 3.8) is 0 Å². The van der Waals surface area contributed by atoms with Gasteiger partial charge in [-0.2, -0.15) is 0 Å². The van der Waals surface area contributed by atoms with E-state index in [2.05, 4.69) is 161 Å². The first-order valence-corrected chi connectivity index (χ1v) is 17.7. The summed E-state index contributed by atoms with van der Waals surface area (Å²) < 4.78 is 19.8. The van der Waals surface area contributed by atoms with E-state index in [0.717, 1.165) is 33.8 Å². The standard InChI is InChI=1S/C46H48O3/c1-33(2)31-44(34(3)4)38-25-27-40(28-26-38)49-45(32-39-21-13-20-35-19-11-12-22-41(35)39)47-29-30-48-46-42(36-15-7-5-8-16-36)23-14-24-43(46)37-17-9-6-10-18-37/h5-28,33-34,44-45H,29-32H2,1-4H3. The molecule has 2 atom stereocenters. The Labute approximate surface area is 292 Å². The first kappa shape index (κ1) is 34.0. The summed E-state index contributed by atoms with van der Waals surface area (Å²) >= 11 is 0. The maximum absolute atomic E-state index is 6.61. The molecule has 0 aliphatic rings. The Hall–Kier alpha value is -4.86. The molecule has 0 aliphatic heterocycles. The summed E-state index contributed by atoms with van der Waals surface area (Å²) in [5.74, 6) is 3.40. The number of hydrogen-bond donors (Lipinski definition) is 0. The molecule has 0 aromatic heterocycles. The zero-order chi connectivity index (χ0) is 34.0. The Balaban J connectivity index is 1.22. The first-order valence-electron chi connectivity index (χ1n) is 17.7. The highest BCUT2D eigenvalue weighted by atomic mass is 16.7. The van der Waals surface area contributed by atoms with Gasteiger partial charge in [-0.1, -0.05) is 161 Å². The van der Waals surface area contributed by atoms with Crippen LogP contribution in [-0.4, -0.2) is 19.5 Å². The predicted molar refractivity (Wildman–Crippen MR) is 204 cm³/mol. The molecule has 0 aliphatic carbocycles. The van der Waals surface area contributed by atoms with Gasteiger partial charge in [0.05, 0.1) is 6.61 Å². The van der Waals surface area contributed by atoms with Crippen molar-refractivity contribution in [2.24, 2.45) is 11.8 Å². The smallest absolute Gasteiger partial charge is 0.204 e. The van der Waals surface area contributed by atoms with Crippen LogP contribution >= 0.6 is 0 Å². The van der Waals surface area contributed by atoms with Gasteiger partial charge in [-0.05, 0) is 69.3 Å². The number of hydrogen-bond acceptors (Lipinski definition) is 3. The highest BCUT2D eigenvalue weighted by Gasteiger charge is 2.20. The number of rotatable bonds is 15. The molecule has 3 nitrogen and oxygen atoms in total. The lowest BCUT2D eigenvalue weighted by Gasteiger charge is -2.24. The molecule has 0 radical (unpaired) electrons. The molecule has 6 aromatic carbocycles. The Morgan fingerprint density at radius 3 is 1.78 bits per heavy atom. The molecule has 0 fully saturated rings. The van der Waals surface area contributed by atoms with Crippen LogP contribution < -0.4 is 9.47 Å². The lowest BCUT2D eigenvalue weighted by molar-refractivity contribution is -0.0854. The minimum atomic E-state index is -0.491. The van der Waals surface area contributed by atoms with E-state index < -0.39 is 6.29 Å². The van der Waals surface area contributed by atoms with Gasteiger partial charge in [-0.15, -0.1) is 0 Å². The molecular weight excluding hydrogens is 601 g/mol. The molecule has 6 rings (SSSR count). The third kappa shape index (κ3) is 8.79. The van der Waals surface area contributed by atoms with Crippen molar-refractivity contribution in [3.05, 3.63) is 157 Å². The van der Waals surface area contributed by atoms with Crippen molar-refractivity contribution >= 4 is 10.8 Å². The molecule has 0 heterocycles. The van der Waals surface area contributed by atoms with Crippen LogP contribution in [0.2, 0.25) is 0 Å². The molecule has 49 heavy (non-hydrogen) atoms. The zero-order valence-corrected chi connectivity index (χ0v) is 29.2. The van der Waals surface area contributed by atoms with E-state index in [4.69, 9.17) is 14.2 Å². The fourth-order valence-corrected chi connectivity index (χ4v) is 6.74. The SMILES string of the molecule is CC(C)CC(c1ccc(OC(Cc2cccc3ccccc23)OCCOc2c(-c3ccccc3)cccc2-c2ccccc2)cc1)C(C)C. The first-order chi connectivity index (χ1) is 24.0. The lowest BCUT2D eigenvalue weighted by atomic mass is 9.82. The lowest BCUT2D eigenvalue weighted by Crippen LogP contribution is -2.26. The molecule has 0 saturated carbocycles. The van der Waals surface area contributed by atoms with Gasteiger partial charge >= 0.3 is 0 Å². The van der Waals surface area contributed by atoms with Crippen molar-refractivity contribution in [1.29, 1.82) is 0 Å². The van der Waals surface area contributed by atoms with Crippen LogP contribution in [0.15, 0.2) is 146 Å². The Morgan fingerprint density at radius 1 is 0.551 bits per heavy atom. The molecular formula is C46H48O3. The van der Waals surface area contributed by atoms with Crippen LogP contribution in [0.1, 0.15) is 51.2 Å². The van der Waals surface area contributed by atoms with Gasteiger partial charge in [-0.3, -0.25) is 0 Å².